The molecule has 0 aliphatic heterocycles. The average Bonchev–Trinajstić information content (AvgIpc) is 3.13. The number of pyridine rings is 1. The largest absolute Gasteiger partial charge is 0.383 e. The van der Waals surface area contributed by atoms with E-state index in [-0.39, 0.29) is 16.9 Å². The van der Waals surface area contributed by atoms with Gasteiger partial charge >= 0.3 is 0 Å². The van der Waals surface area contributed by atoms with Crippen LogP contribution in [0.4, 0.5) is 8.78 Å². The minimum Gasteiger partial charge on any atom is -0.383 e. The van der Waals surface area contributed by atoms with Crippen molar-refractivity contribution in [3.05, 3.63) is 94.8 Å². The summed E-state index contributed by atoms with van der Waals surface area (Å²) in [7, 11) is 0. The number of hydrogen-bond donors (Lipinski definition) is 1. The van der Waals surface area contributed by atoms with E-state index in [4.69, 9.17) is 16.1 Å². The summed E-state index contributed by atoms with van der Waals surface area (Å²) >= 11 is 5.95. The average molecular weight is 399 g/mol. The highest BCUT2D eigenvalue weighted by atomic mass is 35.5. The number of hydrogen-bond acceptors (Lipinski definition) is 4. The third kappa shape index (κ3) is 3.40. The summed E-state index contributed by atoms with van der Waals surface area (Å²) in [5, 5.41) is 15.6. The molecule has 140 valence electrons. The van der Waals surface area contributed by atoms with E-state index in [2.05, 4.69) is 10.1 Å². The Morgan fingerprint density at radius 3 is 2.50 bits per heavy atom. The molecule has 0 fully saturated rings. The van der Waals surface area contributed by atoms with Crippen LogP contribution in [0, 0.1) is 11.6 Å². The lowest BCUT2D eigenvalue weighted by molar-refractivity contribution is 0.220. The van der Waals surface area contributed by atoms with E-state index in [9.17, 15) is 13.9 Å². The third-order valence-corrected chi connectivity index (χ3v) is 4.55. The van der Waals surface area contributed by atoms with Gasteiger partial charge in [0.25, 0.3) is 0 Å². The summed E-state index contributed by atoms with van der Waals surface area (Å²) in [4.78, 5) is 4.01. The molecule has 0 aliphatic rings. The molecule has 0 radical (unpaired) electrons. The van der Waals surface area contributed by atoms with E-state index in [0.29, 0.717) is 21.8 Å². The Morgan fingerprint density at radius 2 is 1.82 bits per heavy atom. The van der Waals surface area contributed by atoms with Crippen LogP contribution in [0.15, 0.2) is 71.5 Å². The van der Waals surface area contributed by atoms with Crippen molar-refractivity contribution in [2.45, 2.75) is 6.10 Å². The van der Waals surface area contributed by atoms with Gasteiger partial charge in [0, 0.05) is 34.6 Å². The Balaban J connectivity index is 1.93. The van der Waals surface area contributed by atoms with Crippen molar-refractivity contribution in [2.75, 3.05) is 0 Å². The monoisotopic (exact) mass is 398 g/mol. The minimum atomic E-state index is -1.19. The van der Waals surface area contributed by atoms with Crippen LogP contribution >= 0.6 is 11.6 Å². The predicted octanol–water partition coefficient (Wildman–Crippen LogP) is 5.42. The summed E-state index contributed by atoms with van der Waals surface area (Å²) in [5.41, 5.74) is 1.67. The molecule has 0 amide bonds. The summed E-state index contributed by atoms with van der Waals surface area (Å²) in [6.07, 6.45) is 1.88. The summed E-state index contributed by atoms with van der Waals surface area (Å²) in [6, 6.07) is 13.2. The fourth-order valence-corrected chi connectivity index (χ4v) is 3.07. The smallest absolute Gasteiger partial charge is 0.176 e. The first-order valence-electron chi connectivity index (χ1n) is 8.33. The van der Waals surface area contributed by atoms with Gasteiger partial charge in [-0.15, -0.1) is 0 Å². The molecule has 0 aliphatic carbocycles. The van der Waals surface area contributed by atoms with Crippen molar-refractivity contribution in [3.8, 4) is 22.6 Å². The second kappa shape index (κ2) is 7.50. The van der Waals surface area contributed by atoms with Crippen LogP contribution in [0.3, 0.4) is 0 Å². The Bertz CT molecular complexity index is 1120. The number of benzene rings is 2. The van der Waals surface area contributed by atoms with Gasteiger partial charge in [-0.05, 0) is 30.3 Å². The van der Waals surface area contributed by atoms with Gasteiger partial charge in [-0.3, -0.25) is 4.98 Å². The van der Waals surface area contributed by atoms with Gasteiger partial charge in [-0.1, -0.05) is 35.0 Å². The number of rotatable bonds is 4. The molecule has 1 unspecified atom stereocenters. The molecule has 0 saturated heterocycles. The summed E-state index contributed by atoms with van der Waals surface area (Å²) in [6.45, 7) is 0. The molecule has 0 saturated carbocycles. The first-order chi connectivity index (χ1) is 13.5. The lowest BCUT2D eigenvalue weighted by Gasteiger charge is -2.13. The van der Waals surface area contributed by atoms with Gasteiger partial charge in [0.1, 0.15) is 23.4 Å². The zero-order chi connectivity index (χ0) is 19.7. The molecule has 4 rings (SSSR count). The maximum absolute atomic E-state index is 14.4. The number of aliphatic hydroxyl groups is 1. The predicted molar refractivity (Wildman–Crippen MR) is 101 cm³/mol. The van der Waals surface area contributed by atoms with Crippen LogP contribution in [0.1, 0.15) is 17.2 Å². The van der Waals surface area contributed by atoms with E-state index in [1.165, 1.54) is 12.3 Å². The van der Waals surface area contributed by atoms with Crippen molar-refractivity contribution in [3.63, 3.8) is 0 Å². The molecular formula is C21H13ClF2N2O2. The van der Waals surface area contributed by atoms with Crippen LogP contribution < -0.4 is 0 Å². The number of aliphatic hydroxyl groups excluding tert-OH is 1. The second-order valence-electron chi connectivity index (χ2n) is 6.09. The molecule has 0 spiro atoms. The third-order valence-electron chi connectivity index (χ3n) is 4.29. The van der Waals surface area contributed by atoms with Gasteiger partial charge in [0.05, 0.1) is 11.1 Å². The van der Waals surface area contributed by atoms with E-state index in [1.807, 2.05) is 0 Å². The molecule has 1 atom stereocenters. The van der Waals surface area contributed by atoms with Gasteiger partial charge < -0.3 is 9.63 Å². The molecule has 0 bridgehead atoms. The normalized spacial score (nSPS) is 12.1. The van der Waals surface area contributed by atoms with E-state index in [0.717, 1.165) is 12.1 Å². The van der Waals surface area contributed by atoms with Crippen LogP contribution in [-0.4, -0.2) is 15.2 Å². The van der Waals surface area contributed by atoms with Crippen LogP contribution in [-0.2, 0) is 0 Å². The number of nitrogens with zero attached hydrogens (tertiary/aromatic N) is 2. The fourth-order valence-electron chi connectivity index (χ4n) is 2.94. The molecule has 7 heteroatoms. The molecule has 2 aromatic heterocycles. The molecule has 2 heterocycles. The van der Waals surface area contributed by atoms with E-state index >= 15 is 0 Å². The molecule has 4 aromatic rings. The van der Waals surface area contributed by atoms with Crippen molar-refractivity contribution in [1.29, 1.82) is 0 Å². The highest BCUT2D eigenvalue weighted by Gasteiger charge is 2.28. The number of aromatic nitrogens is 2. The zero-order valence-electron chi connectivity index (χ0n) is 14.3. The van der Waals surface area contributed by atoms with E-state index < -0.39 is 17.7 Å². The van der Waals surface area contributed by atoms with Gasteiger partial charge in [0.15, 0.2) is 5.76 Å². The van der Waals surface area contributed by atoms with Crippen LogP contribution in [0.25, 0.3) is 22.6 Å². The van der Waals surface area contributed by atoms with Gasteiger partial charge in [-0.2, -0.15) is 0 Å². The molecule has 1 N–H and O–H groups in total. The van der Waals surface area contributed by atoms with E-state index in [1.54, 1.807) is 42.6 Å². The summed E-state index contributed by atoms with van der Waals surface area (Å²) in [5.74, 6) is -1.52. The van der Waals surface area contributed by atoms with Crippen LogP contribution in [0.5, 0.6) is 0 Å². The fraction of sp³-hybridized carbons (Fsp3) is 0.0476. The Labute approximate surface area is 164 Å². The van der Waals surface area contributed by atoms with Crippen molar-refractivity contribution < 1.29 is 18.4 Å². The van der Waals surface area contributed by atoms with Gasteiger partial charge in [-0.25, -0.2) is 8.78 Å². The summed E-state index contributed by atoms with van der Waals surface area (Å²) < 4.78 is 33.2. The second-order valence-corrected chi connectivity index (χ2v) is 6.53. The van der Waals surface area contributed by atoms with Crippen molar-refractivity contribution >= 4 is 11.6 Å². The lowest BCUT2D eigenvalue weighted by atomic mass is 9.95. The van der Waals surface area contributed by atoms with Crippen molar-refractivity contribution in [2.24, 2.45) is 0 Å². The Kier molecular flexibility index (Phi) is 4.90. The zero-order valence-corrected chi connectivity index (χ0v) is 15.1. The SMILES string of the molecule is OC(c1cccnc1)c1c(-c2ccc(Cl)cc2)noc1-c1ccc(F)cc1F. The van der Waals surface area contributed by atoms with Gasteiger partial charge in [0.2, 0.25) is 0 Å². The highest BCUT2D eigenvalue weighted by Crippen LogP contribution is 2.40. The maximum atomic E-state index is 14.4. The van der Waals surface area contributed by atoms with Crippen molar-refractivity contribution in [1.82, 2.24) is 10.1 Å². The Hall–Kier alpha value is -3.09. The first-order valence-corrected chi connectivity index (χ1v) is 8.71. The Morgan fingerprint density at radius 1 is 1.04 bits per heavy atom. The molecule has 28 heavy (non-hydrogen) atoms. The standard InChI is InChI=1S/C21H13ClF2N2O2/c22-14-5-3-12(4-6-14)19-18(20(27)13-2-1-9-25-11-13)21(28-26-19)16-8-7-15(23)10-17(16)24/h1-11,20,27H. The van der Waals surface area contributed by atoms with Crippen LogP contribution in [0.2, 0.25) is 5.02 Å². The highest BCUT2D eigenvalue weighted by molar-refractivity contribution is 6.30. The first kappa shape index (κ1) is 18.3. The maximum Gasteiger partial charge on any atom is 0.176 e. The quantitative estimate of drug-likeness (QED) is 0.499. The lowest BCUT2D eigenvalue weighted by Crippen LogP contribution is -2.03. The molecular weight excluding hydrogens is 386 g/mol. The minimum absolute atomic E-state index is 0.00736. The number of halogens is 3. The topological polar surface area (TPSA) is 59.2 Å². The molecule has 4 nitrogen and oxygen atoms in total. The molecule has 2 aromatic carbocycles.